The van der Waals surface area contributed by atoms with Gasteiger partial charge in [-0.15, -0.1) is 0 Å². The van der Waals surface area contributed by atoms with Crippen LogP contribution < -0.4 is 10.1 Å². The summed E-state index contributed by atoms with van der Waals surface area (Å²) in [7, 11) is 0. The molecule has 1 saturated heterocycles. The first-order valence-electron chi connectivity index (χ1n) is 8.71. The summed E-state index contributed by atoms with van der Waals surface area (Å²) in [4.78, 5) is 22.9. The van der Waals surface area contributed by atoms with E-state index >= 15 is 0 Å². The number of carbonyl (C=O) groups excluding carboxylic acids is 1. The number of benzene rings is 1. The van der Waals surface area contributed by atoms with Gasteiger partial charge in [0, 0.05) is 37.1 Å². The van der Waals surface area contributed by atoms with Crippen molar-refractivity contribution in [3.63, 3.8) is 0 Å². The second-order valence-electron chi connectivity index (χ2n) is 6.04. The lowest BCUT2D eigenvalue weighted by molar-refractivity contribution is 0.0718. The highest BCUT2D eigenvalue weighted by Gasteiger charge is 2.24. The number of carbonyl (C=O) groups is 1. The normalized spacial score (nSPS) is 14.5. The fourth-order valence-corrected chi connectivity index (χ4v) is 2.96. The minimum absolute atomic E-state index is 0.00227. The SMILES string of the molecule is CCOc1nccnc1NC1CCN(C(=O)c2ccc(C#N)cc2)CC1. The van der Waals surface area contributed by atoms with Crippen LogP contribution in [0.15, 0.2) is 36.7 Å². The maximum absolute atomic E-state index is 12.6. The molecule has 7 nitrogen and oxygen atoms in total. The maximum Gasteiger partial charge on any atom is 0.257 e. The third-order valence-corrected chi connectivity index (χ3v) is 4.33. The average Bonchev–Trinajstić information content (AvgIpc) is 2.70. The number of anilines is 1. The summed E-state index contributed by atoms with van der Waals surface area (Å²) < 4.78 is 5.49. The zero-order valence-electron chi connectivity index (χ0n) is 14.7. The van der Waals surface area contributed by atoms with Gasteiger partial charge in [-0.05, 0) is 44.0 Å². The molecule has 0 aliphatic carbocycles. The molecule has 1 aliphatic rings. The Balaban J connectivity index is 1.57. The molecular weight excluding hydrogens is 330 g/mol. The van der Waals surface area contributed by atoms with Gasteiger partial charge >= 0.3 is 0 Å². The van der Waals surface area contributed by atoms with E-state index in [4.69, 9.17) is 10.00 Å². The minimum atomic E-state index is 0.00227. The monoisotopic (exact) mass is 351 g/mol. The Kier molecular flexibility index (Phi) is 5.64. The van der Waals surface area contributed by atoms with Crippen LogP contribution in [-0.2, 0) is 0 Å². The lowest BCUT2D eigenvalue weighted by atomic mass is 10.0. The predicted molar refractivity (Wildman–Crippen MR) is 96.9 cm³/mol. The van der Waals surface area contributed by atoms with Crippen LogP contribution in [0, 0.1) is 11.3 Å². The highest BCUT2D eigenvalue weighted by Crippen LogP contribution is 2.22. The number of rotatable bonds is 5. The zero-order valence-corrected chi connectivity index (χ0v) is 14.7. The molecule has 1 amide bonds. The number of ether oxygens (including phenoxy) is 1. The van der Waals surface area contributed by atoms with E-state index in [9.17, 15) is 4.79 Å². The Bertz CT molecular complexity index is 792. The van der Waals surface area contributed by atoms with Gasteiger partial charge in [0.1, 0.15) is 0 Å². The Hall–Kier alpha value is -3.14. The molecule has 0 saturated carbocycles. The van der Waals surface area contributed by atoms with Crippen LogP contribution in [0.4, 0.5) is 5.82 Å². The fourth-order valence-electron chi connectivity index (χ4n) is 2.96. The van der Waals surface area contributed by atoms with E-state index < -0.39 is 0 Å². The van der Waals surface area contributed by atoms with Crippen molar-refractivity contribution in [2.75, 3.05) is 25.0 Å². The van der Waals surface area contributed by atoms with E-state index in [1.165, 1.54) is 0 Å². The predicted octanol–water partition coefficient (Wildman–Crippen LogP) is 2.46. The number of nitrogens with zero attached hydrogens (tertiary/aromatic N) is 4. The van der Waals surface area contributed by atoms with Gasteiger partial charge in [-0.2, -0.15) is 5.26 Å². The molecule has 1 N–H and O–H groups in total. The number of nitrogens with one attached hydrogen (secondary N) is 1. The van der Waals surface area contributed by atoms with Gasteiger partial charge in [-0.3, -0.25) is 4.79 Å². The molecule has 134 valence electrons. The molecule has 1 aromatic carbocycles. The van der Waals surface area contributed by atoms with Gasteiger partial charge in [0.15, 0.2) is 5.82 Å². The number of likely N-dealkylation sites (tertiary alicyclic amines) is 1. The topological polar surface area (TPSA) is 91.1 Å². The number of aromatic nitrogens is 2. The second kappa shape index (κ2) is 8.30. The molecule has 1 aromatic heterocycles. The lowest BCUT2D eigenvalue weighted by Crippen LogP contribution is -2.42. The van der Waals surface area contributed by atoms with E-state index in [1.807, 2.05) is 11.8 Å². The highest BCUT2D eigenvalue weighted by molar-refractivity contribution is 5.94. The van der Waals surface area contributed by atoms with Crippen molar-refractivity contribution in [2.45, 2.75) is 25.8 Å². The van der Waals surface area contributed by atoms with Crippen molar-refractivity contribution < 1.29 is 9.53 Å². The number of amides is 1. The van der Waals surface area contributed by atoms with Crippen molar-refractivity contribution in [1.29, 1.82) is 5.26 Å². The summed E-state index contributed by atoms with van der Waals surface area (Å²) >= 11 is 0. The fraction of sp³-hybridized carbons (Fsp3) is 0.368. The van der Waals surface area contributed by atoms with Gasteiger partial charge in [0.25, 0.3) is 11.8 Å². The second-order valence-corrected chi connectivity index (χ2v) is 6.04. The molecule has 0 bridgehead atoms. The lowest BCUT2D eigenvalue weighted by Gasteiger charge is -2.32. The minimum Gasteiger partial charge on any atom is -0.475 e. The number of hydrogen-bond acceptors (Lipinski definition) is 6. The maximum atomic E-state index is 12.6. The van der Waals surface area contributed by atoms with Crippen LogP contribution in [-0.4, -0.2) is 46.5 Å². The largest absolute Gasteiger partial charge is 0.475 e. The van der Waals surface area contributed by atoms with Crippen LogP contribution in [0.2, 0.25) is 0 Å². The standard InChI is InChI=1S/C19H21N5O2/c1-2-26-18-17(21-9-10-22-18)23-16-7-11-24(12-8-16)19(25)15-5-3-14(13-20)4-6-15/h3-6,9-10,16H,2,7-8,11-12H2,1H3,(H,21,23). The smallest absolute Gasteiger partial charge is 0.257 e. The molecule has 1 aliphatic heterocycles. The Morgan fingerprint density at radius 2 is 1.96 bits per heavy atom. The Morgan fingerprint density at radius 3 is 2.62 bits per heavy atom. The number of nitriles is 1. The van der Waals surface area contributed by atoms with Gasteiger partial charge in [0.05, 0.1) is 18.2 Å². The van der Waals surface area contributed by atoms with Crippen LogP contribution in [0.25, 0.3) is 0 Å². The summed E-state index contributed by atoms with van der Waals surface area (Å²) in [6.45, 7) is 3.78. The van der Waals surface area contributed by atoms with Crippen LogP contribution in [0.5, 0.6) is 5.88 Å². The van der Waals surface area contributed by atoms with Crippen LogP contribution >= 0.6 is 0 Å². The average molecular weight is 351 g/mol. The van der Waals surface area contributed by atoms with Crippen molar-refractivity contribution in [3.05, 3.63) is 47.8 Å². The van der Waals surface area contributed by atoms with Crippen molar-refractivity contribution in [2.24, 2.45) is 0 Å². The Labute approximate surface area is 152 Å². The quantitative estimate of drug-likeness (QED) is 0.890. The molecule has 26 heavy (non-hydrogen) atoms. The molecule has 2 heterocycles. The molecule has 7 heteroatoms. The molecule has 2 aromatic rings. The van der Waals surface area contributed by atoms with Crippen LogP contribution in [0.1, 0.15) is 35.7 Å². The summed E-state index contributed by atoms with van der Waals surface area (Å²) in [5.74, 6) is 1.15. The molecule has 1 fully saturated rings. The van der Waals surface area contributed by atoms with E-state index in [2.05, 4.69) is 21.4 Å². The van der Waals surface area contributed by atoms with E-state index in [-0.39, 0.29) is 11.9 Å². The van der Waals surface area contributed by atoms with Crippen molar-refractivity contribution >= 4 is 11.7 Å². The molecule has 0 radical (unpaired) electrons. The molecular formula is C19H21N5O2. The zero-order chi connectivity index (χ0) is 18.4. The van der Waals surface area contributed by atoms with Crippen LogP contribution in [0.3, 0.4) is 0 Å². The summed E-state index contributed by atoms with van der Waals surface area (Å²) in [5, 5.41) is 12.2. The third kappa shape index (κ3) is 4.09. The highest BCUT2D eigenvalue weighted by atomic mass is 16.5. The summed E-state index contributed by atoms with van der Waals surface area (Å²) in [6, 6.07) is 9.04. The summed E-state index contributed by atoms with van der Waals surface area (Å²) in [6.07, 6.45) is 4.89. The molecule has 0 spiro atoms. The van der Waals surface area contributed by atoms with E-state index in [0.29, 0.717) is 42.5 Å². The third-order valence-electron chi connectivity index (χ3n) is 4.33. The number of hydrogen-bond donors (Lipinski definition) is 1. The van der Waals surface area contributed by atoms with Crippen molar-refractivity contribution in [1.82, 2.24) is 14.9 Å². The van der Waals surface area contributed by atoms with E-state index in [0.717, 1.165) is 12.8 Å². The molecule has 3 rings (SSSR count). The van der Waals surface area contributed by atoms with Gasteiger partial charge in [-0.25, -0.2) is 9.97 Å². The Morgan fingerprint density at radius 1 is 1.27 bits per heavy atom. The van der Waals surface area contributed by atoms with Gasteiger partial charge in [-0.1, -0.05) is 0 Å². The first kappa shape index (κ1) is 17.7. The van der Waals surface area contributed by atoms with Gasteiger partial charge in [0.2, 0.25) is 0 Å². The molecule has 0 atom stereocenters. The van der Waals surface area contributed by atoms with Crippen molar-refractivity contribution in [3.8, 4) is 11.9 Å². The molecule has 0 unspecified atom stereocenters. The summed E-state index contributed by atoms with van der Waals surface area (Å²) in [5.41, 5.74) is 1.17. The number of piperidine rings is 1. The van der Waals surface area contributed by atoms with E-state index in [1.54, 1.807) is 36.7 Å². The first-order valence-corrected chi connectivity index (χ1v) is 8.71. The first-order chi connectivity index (χ1) is 12.7. The van der Waals surface area contributed by atoms with Gasteiger partial charge < -0.3 is 15.0 Å².